The predicted octanol–water partition coefficient (Wildman–Crippen LogP) is 3.04. The van der Waals surface area contributed by atoms with Crippen LogP contribution in [-0.4, -0.2) is 31.7 Å². The van der Waals surface area contributed by atoms with Crippen molar-refractivity contribution in [2.75, 3.05) is 7.11 Å². The van der Waals surface area contributed by atoms with Crippen molar-refractivity contribution in [1.29, 1.82) is 0 Å². The lowest BCUT2D eigenvalue weighted by atomic mass is 10.1. The van der Waals surface area contributed by atoms with Gasteiger partial charge in [0.1, 0.15) is 18.8 Å². The number of hydrogen-bond acceptors (Lipinski definition) is 5. The van der Waals surface area contributed by atoms with Gasteiger partial charge in [0, 0.05) is 19.0 Å². The molecule has 4 rings (SSSR count). The van der Waals surface area contributed by atoms with Gasteiger partial charge < -0.3 is 9.84 Å². The fraction of sp³-hybridized carbons (Fsp3) is 0.150. The molecule has 2 aromatic carbocycles. The van der Waals surface area contributed by atoms with Crippen LogP contribution in [-0.2, 0) is 11.3 Å². The van der Waals surface area contributed by atoms with E-state index in [4.69, 9.17) is 4.74 Å². The van der Waals surface area contributed by atoms with Crippen molar-refractivity contribution in [3.8, 4) is 5.69 Å². The maximum absolute atomic E-state index is 9.29. The van der Waals surface area contributed by atoms with Gasteiger partial charge in [-0.05, 0) is 41.5 Å². The van der Waals surface area contributed by atoms with Gasteiger partial charge in [0.05, 0.1) is 23.3 Å². The van der Waals surface area contributed by atoms with Crippen LogP contribution < -0.4 is 0 Å². The first-order valence-electron chi connectivity index (χ1n) is 8.26. The van der Waals surface area contributed by atoms with E-state index in [2.05, 4.69) is 21.0 Å². The summed E-state index contributed by atoms with van der Waals surface area (Å²) in [6.45, 7) is 0.00668. The van der Waals surface area contributed by atoms with Crippen LogP contribution in [0.15, 0.2) is 67.4 Å². The van der Waals surface area contributed by atoms with Crippen LogP contribution in [0.4, 0.5) is 0 Å². The van der Waals surface area contributed by atoms with Gasteiger partial charge in [0.15, 0.2) is 0 Å². The molecule has 0 saturated carbocycles. The Morgan fingerprint density at radius 1 is 1.12 bits per heavy atom. The number of methoxy groups -OCH3 is 1. The highest BCUT2D eigenvalue weighted by Crippen LogP contribution is 2.26. The summed E-state index contributed by atoms with van der Waals surface area (Å²) in [5.74, 6) is 0. The van der Waals surface area contributed by atoms with Crippen LogP contribution in [0.2, 0.25) is 0 Å². The molecule has 1 unspecified atom stereocenters. The molecule has 2 aromatic heterocycles. The van der Waals surface area contributed by atoms with Gasteiger partial charge in [-0.2, -0.15) is 0 Å². The Bertz CT molecular complexity index is 1030. The highest BCUT2D eigenvalue weighted by molar-refractivity contribution is 5.78. The molecule has 1 atom stereocenters. The lowest BCUT2D eigenvalue weighted by Crippen LogP contribution is -2.06. The molecule has 1 N–H and O–H groups in total. The molecular weight excluding hydrogens is 328 g/mol. The van der Waals surface area contributed by atoms with Crippen molar-refractivity contribution in [3.63, 3.8) is 0 Å². The first kappa shape index (κ1) is 16.4. The Labute approximate surface area is 150 Å². The minimum Gasteiger partial charge on any atom is -0.392 e. The minimum absolute atomic E-state index is 0.00668. The molecule has 0 bridgehead atoms. The summed E-state index contributed by atoms with van der Waals surface area (Å²) in [5.41, 5.74) is 5.47. The first-order valence-corrected chi connectivity index (χ1v) is 8.26. The fourth-order valence-corrected chi connectivity index (χ4v) is 3.08. The topological polar surface area (TPSA) is 73.1 Å². The van der Waals surface area contributed by atoms with E-state index in [-0.39, 0.29) is 12.7 Å². The zero-order chi connectivity index (χ0) is 17.9. The number of nitrogens with zero attached hydrogens (tertiary/aromatic N) is 4. The molecule has 0 aliphatic carbocycles. The van der Waals surface area contributed by atoms with Gasteiger partial charge >= 0.3 is 0 Å². The van der Waals surface area contributed by atoms with Crippen molar-refractivity contribution >= 4 is 11.0 Å². The Morgan fingerprint density at radius 2 is 2.04 bits per heavy atom. The van der Waals surface area contributed by atoms with Crippen molar-refractivity contribution in [2.45, 2.75) is 12.7 Å². The summed E-state index contributed by atoms with van der Waals surface area (Å²) in [4.78, 5) is 12.7. The number of aliphatic hydroxyl groups is 1. The molecular formula is C20H18N4O2. The number of ether oxygens (including phenoxy) is 1. The van der Waals surface area contributed by atoms with Crippen LogP contribution in [0, 0.1) is 0 Å². The zero-order valence-corrected chi connectivity index (χ0v) is 14.3. The molecule has 130 valence electrons. The van der Waals surface area contributed by atoms with E-state index in [0.29, 0.717) is 0 Å². The maximum Gasteiger partial charge on any atom is 0.124 e. The third-order valence-electron chi connectivity index (χ3n) is 4.35. The Morgan fingerprint density at radius 3 is 2.81 bits per heavy atom. The standard InChI is InChI=1S/C20H18N4O2/c1-26-20(17-7-8-21-12-22-17)15-3-2-4-16(10-15)24-13-23-18-9-14(11-25)5-6-19(18)24/h2-10,12-13,20,25H,11H2,1H3. The number of imidazole rings is 1. The number of aliphatic hydroxyl groups excluding tert-OH is 1. The van der Waals surface area contributed by atoms with Crippen molar-refractivity contribution in [2.24, 2.45) is 0 Å². The van der Waals surface area contributed by atoms with Crippen molar-refractivity contribution < 1.29 is 9.84 Å². The van der Waals surface area contributed by atoms with Gasteiger partial charge in [-0.15, -0.1) is 0 Å². The Hall–Kier alpha value is -3.09. The van der Waals surface area contributed by atoms with Gasteiger partial charge in [-0.25, -0.2) is 15.0 Å². The Balaban J connectivity index is 1.76. The largest absolute Gasteiger partial charge is 0.392 e. The van der Waals surface area contributed by atoms with Gasteiger partial charge in [-0.3, -0.25) is 4.57 Å². The summed E-state index contributed by atoms with van der Waals surface area (Å²) in [7, 11) is 1.67. The highest BCUT2D eigenvalue weighted by atomic mass is 16.5. The molecule has 0 fully saturated rings. The number of benzene rings is 2. The molecule has 4 aromatic rings. The lowest BCUT2D eigenvalue weighted by molar-refractivity contribution is 0.133. The highest BCUT2D eigenvalue weighted by Gasteiger charge is 2.16. The molecule has 0 aliphatic heterocycles. The van der Waals surface area contributed by atoms with E-state index in [9.17, 15) is 5.11 Å². The van der Waals surface area contributed by atoms with Gasteiger partial charge in [0.2, 0.25) is 0 Å². The smallest absolute Gasteiger partial charge is 0.124 e. The summed E-state index contributed by atoms with van der Waals surface area (Å²) in [6.07, 6.45) is 4.75. The zero-order valence-electron chi connectivity index (χ0n) is 14.3. The second-order valence-electron chi connectivity index (χ2n) is 5.94. The van der Waals surface area contributed by atoms with Crippen molar-refractivity contribution in [1.82, 2.24) is 19.5 Å². The quantitative estimate of drug-likeness (QED) is 0.601. The normalized spacial score (nSPS) is 12.4. The van der Waals surface area contributed by atoms with Crippen LogP contribution in [0.25, 0.3) is 16.7 Å². The van der Waals surface area contributed by atoms with Crippen LogP contribution >= 0.6 is 0 Å². The molecule has 0 amide bonds. The summed E-state index contributed by atoms with van der Waals surface area (Å²) in [5, 5.41) is 9.29. The second-order valence-corrected chi connectivity index (χ2v) is 5.94. The first-order chi connectivity index (χ1) is 12.8. The van der Waals surface area contributed by atoms with E-state index in [1.807, 2.05) is 47.0 Å². The molecule has 0 radical (unpaired) electrons. The predicted molar refractivity (Wildman–Crippen MR) is 97.9 cm³/mol. The SMILES string of the molecule is COC(c1cccc(-n2cnc3cc(CO)ccc32)c1)c1ccncn1. The average molecular weight is 346 g/mol. The molecule has 6 nitrogen and oxygen atoms in total. The lowest BCUT2D eigenvalue weighted by Gasteiger charge is -2.16. The average Bonchev–Trinajstić information content (AvgIpc) is 3.13. The van der Waals surface area contributed by atoms with E-state index in [0.717, 1.165) is 33.5 Å². The van der Waals surface area contributed by atoms with E-state index in [1.165, 1.54) is 6.33 Å². The number of hydrogen-bond donors (Lipinski definition) is 1. The number of rotatable bonds is 5. The van der Waals surface area contributed by atoms with E-state index < -0.39 is 0 Å². The second kappa shape index (κ2) is 7.03. The van der Waals surface area contributed by atoms with E-state index >= 15 is 0 Å². The number of fused-ring (bicyclic) bond motifs is 1. The van der Waals surface area contributed by atoms with Gasteiger partial charge in [0.25, 0.3) is 0 Å². The molecule has 0 aliphatic rings. The summed E-state index contributed by atoms with van der Waals surface area (Å²) < 4.78 is 7.69. The Kier molecular flexibility index (Phi) is 4.43. The molecule has 0 saturated heterocycles. The maximum atomic E-state index is 9.29. The monoisotopic (exact) mass is 346 g/mol. The van der Waals surface area contributed by atoms with Crippen LogP contribution in [0.1, 0.15) is 22.9 Å². The third kappa shape index (κ3) is 2.96. The molecule has 26 heavy (non-hydrogen) atoms. The van der Waals surface area contributed by atoms with Crippen molar-refractivity contribution in [3.05, 3.63) is 84.2 Å². The summed E-state index contributed by atoms with van der Waals surface area (Å²) >= 11 is 0. The minimum atomic E-state index is -0.270. The molecule has 6 heteroatoms. The van der Waals surface area contributed by atoms with Gasteiger partial charge in [-0.1, -0.05) is 18.2 Å². The van der Waals surface area contributed by atoms with Crippen LogP contribution in [0.3, 0.4) is 0 Å². The fourth-order valence-electron chi connectivity index (χ4n) is 3.08. The van der Waals surface area contributed by atoms with E-state index in [1.54, 1.807) is 19.6 Å². The number of aromatic nitrogens is 4. The molecule has 2 heterocycles. The molecule has 0 spiro atoms. The van der Waals surface area contributed by atoms with Crippen LogP contribution in [0.5, 0.6) is 0 Å². The third-order valence-corrected chi connectivity index (χ3v) is 4.35. The summed E-state index contributed by atoms with van der Waals surface area (Å²) in [6, 6.07) is 15.7.